The van der Waals surface area contributed by atoms with Gasteiger partial charge in [-0.2, -0.15) is 0 Å². The maximum absolute atomic E-state index is 5.94. The Kier molecular flexibility index (Phi) is 9.25. The van der Waals surface area contributed by atoms with E-state index < -0.39 is 0 Å². The monoisotopic (exact) mass is 794 g/mol. The van der Waals surface area contributed by atoms with Crippen molar-refractivity contribution in [2.24, 2.45) is 0 Å². The van der Waals surface area contributed by atoms with E-state index in [1.165, 1.54) is 21.9 Å². The number of aromatic nitrogens is 4. The molecular weight excluding hydrogens is 757 g/mol. The SMILES string of the molecule is C=c1oc2ccccc2/c1=C/C=C/c1nc(-c2ccccc2)nc(-c2cc(-c3ccccc3)c(-n3c4ccccc4c4cc(-c5ccccc5)ccc43)c(-c3ccccc3)c2)n1. The summed E-state index contributed by atoms with van der Waals surface area (Å²) in [5.74, 6) is 1.69. The molecule has 3 heterocycles. The Bertz CT molecular complexity index is 3510. The van der Waals surface area contributed by atoms with Gasteiger partial charge in [-0.1, -0.05) is 183 Å². The van der Waals surface area contributed by atoms with Crippen LogP contribution in [0.3, 0.4) is 0 Å². The van der Waals surface area contributed by atoms with Crippen LogP contribution in [0.2, 0.25) is 0 Å². The van der Waals surface area contributed by atoms with Crippen LogP contribution in [-0.2, 0) is 0 Å². The minimum absolute atomic E-state index is 0.534. The van der Waals surface area contributed by atoms with E-state index >= 15 is 0 Å². The third-order valence-electron chi connectivity index (χ3n) is 11.4. The van der Waals surface area contributed by atoms with Crippen molar-refractivity contribution in [3.8, 4) is 61.8 Å². The van der Waals surface area contributed by atoms with E-state index in [2.05, 4.69) is 157 Å². The zero-order chi connectivity index (χ0) is 41.4. The highest BCUT2D eigenvalue weighted by Crippen LogP contribution is 2.44. The van der Waals surface area contributed by atoms with E-state index in [0.29, 0.717) is 22.9 Å². The predicted molar refractivity (Wildman–Crippen MR) is 256 cm³/mol. The number of benzene rings is 8. The molecule has 0 fully saturated rings. The molecule has 5 heteroatoms. The van der Waals surface area contributed by atoms with Gasteiger partial charge in [-0.25, -0.2) is 15.0 Å². The van der Waals surface area contributed by atoms with Crippen LogP contribution in [0, 0.1) is 0 Å². The van der Waals surface area contributed by atoms with Crippen molar-refractivity contribution in [3.63, 3.8) is 0 Å². The van der Waals surface area contributed by atoms with Gasteiger partial charge in [0.15, 0.2) is 17.5 Å². The van der Waals surface area contributed by atoms with Crippen molar-refractivity contribution >= 4 is 51.5 Å². The molecule has 0 atom stereocenters. The number of para-hydroxylation sites is 2. The van der Waals surface area contributed by atoms with Crippen LogP contribution in [-0.4, -0.2) is 19.5 Å². The first-order chi connectivity index (χ1) is 30.7. The largest absolute Gasteiger partial charge is 0.457 e. The lowest BCUT2D eigenvalue weighted by Gasteiger charge is -2.21. The minimum atomic E-state index is 0.534. The van der Waals surface area contributed by atoms with Gasteiger partial charge in [0.05, 0.1) is 16.7 Å². The number of hydrogen-bond donors (Lipinski definition) is 0. The zero-order valence-corrected chi connectivity index (χ0v) is 33.7. The fraction of sp³-hybridized carbons (Fsp3) is 0. The standard InChI is InChI=1S/C57H38N4O/c1-38-45(47-28-15-17-31-53(47)62-38)29-18-32-54-58-56(42-25-12-5-13-26-42)60-57(59-54)44-36-48(40-21-8-3-9-22-40)55(49(37-44)41-23-10-4-11-24-41)61-51-30-16-14-27-46(51)50-35-43(33-34-52(50)61)39-19-6-2-7-20-39/h2-37H,1H2/b32-18+,45-29+. The van der Waals surface area contributed by atoms with Crippen molar-refractivity contribution in [1.82, 2.24) is 19.5 Å². The fourth-order valence-corrected chi connectivity index (χ4v) is 8.55. The lowest BCUT2D eigenvalue weighted by atomic mass is 9.92. The average molecular weight is 795 g/mol. The molecule has 0 bridgehead atoms. The topological polar surface area (TPSA) is 56.7 Å². The first-order valence-electron chi connectivity index (χ1n) is 20.7. The van der Waals surface area contributed by atoms with Crippen molar-refractivity contribution in [2.75, 3.05) is 0 Å². The lowest BCUT2D eigenvalue weighted by Crippen LogP contribution is -2.17. The Balaban J connectivity index is 1.17. The molecule has 0 saturated heterocycles. The molecule has 11 aromatic rings. The molecule has 0 N–H and O–H groups in total. The third kappa shape index (κ3) is 6.68. The summed E-state index contributed by atoms with van der Waals surface area (Å²) in [6.07, 6.45) is 5.88. The molecule has 0 radical (unpaired) electrons. The predicted octanol–water partition coefficient (Wildman–Crippen LogP) is 13.0. The summed E-state index contributed by atoms with van der Waals surface area (Å²) in [5.41, 5.74) is 13.1. The second-order valence-electron chi connectivity index (χ2n) is 15.3. The number of allylic oxidation sites excluding steroid dienone is 1. The molecule has 3 aromatic heterocycles. The number of fused-ring (bicyclic) bond motifs is 4. The Hall–Kier alpha value is -8.41. The molecule has 0 aliphatic carbocycles. The molecule has 0 unspecified atom stereocenters. The number of furan rings is 1. The lowest BCUT2D eigenvalue weighted by molar-refractivity contribution is 0.577. The van der Waals surface area contributed by atoms with Crippen molar-refractivity contribution in [1.29, 1.82) is 0 Å². The van der Waals surface area contributed by atoms with Gasteiger partial charge in [-0.15, -0.1) is 0 Å². The van der Waals surface area contributed by atoms with E-state index in [1.807, 2.05) is 72.8 Å². The molecule has 0 amide bonds. The average Bonchev–Trinajstić information content (AvgIpc) is 3.85. The molecule has 0 aliphatic rings. The zero-order valence-electron chi connectivity index (χ0n) is 33.7. The quantitative estimate of drug-likeness (QED) is 0.154. The molecule has 5 nitrogen and oxygen atoms in total. The van der Waals surface area contributed by atoms with E-state index in [-0.39, 0.29) is 0 Å². The van der Waals surface area contributed by atoms with Gasteiger partial charge in [-0.3, -0.25) is 0 Å². The Morgan fingerprint density at radius 3 is 1.63 bits per heavy atom. The first-order valence-corrected chi connectivity index (χ1v) is 20.7. The Labute approximate surface area is 358 Å². The summed E-state index contributed by atoms with van der Waals surface area (Å²) < 4.78 is 8.38. The summed E-state index contributed by atoms with van der Waals surface area (Å²) in [5, 5.41) is 4.31. The van der Waals surface area contributed by atoms with Crippen LogP contribution in [0.15, 0.2) is 211 Å². The summed E-state index contributed by atoms with van der Waals surface area (Å²) in [4.78, 5) is 15.3. The fourth-order valence-electron chi connectivity index (χ4n) is 8.55. The van der Waals surface area contributed by atoms with Crippen LogP contribution in [0.25, 0.3) is 113 Å². The van der Waals surface area contributed by atoms with Gasteiger partial charge in [0, 0.05) is 43.6 Å². The maximum Gasteiger partial charge on any atom is 0.164 e. The minimum Gasteiger partial charge on any atom is -0.457 e. The van der Waals surface area contributed by atoms with Gasteiger partial charge in [0.2, 0.25) is 0 Å². The normalized spacial score (nSPS) is 12.0. The van der Waals surface area contributed by atoms with Crippen LogP contribution in [0.1, 0.15) is 5.82 Å². The number of nitrogens with zero attached hydrogens (tertiary/aromatic N) is 4. The first kappa shape index (κ1) is 36.7. The number of rotatable bonds is 8. The third-order valence-corrected chi connectivity index (χ3v) is 11.4. The second kappa shape index (κ2) is 15.6. The smallest absolute Gasteiger partial charge is 0.164 e. The van der Waals surface area contributed by atoms with E-state index in [4.69, 9.17) is 19.4 Å². The molecule has 8 aromatic carbocycles. The van der Waals surface area contributed by atoms with Crippen LogP contribution >= 0.6 is 0 Å². The van der Waals surface area contributed by atoms with Gasteiger partial charge >= 0.3 is 0 Å². The molecular formula is C57H38N4O. The molecule has 0 saturated carbocycles. The molecule has 62 heavy (non-hydrogen) atoms. The summed E-state index contributed by atoms with van der Waals surface area (Å²) in [6.45, 7) is 4.16. The summed E-state index contributed by atoms with van der Waals surface area (Å²) in [6, 6.07) is 69.9. The summed E-state index contributed by atoms with van der Waals surface area (Å²) >= 11 is 0. The van der Waals surface area contributed by atoms with Gasteiger partial charge < -0.3 is 8.98 Å². The van der Waals surface area contributed by atoms with Gasteiger partial charge in [0.25, 0.3) is 0 Å². The molecule has 11 rings (SSSR count). The molecule has 0 aliphatic heterocycles. The van der Waals surface area contributed by atoms with E-state index in [0.717, 1.165) is 66.3 Å². The van der Waals surface area contributed by atoms with Gasteiger partial charge in [0.1, 0.15) is 11.0 Å². The Morgan fingerprint density at radius 2 is 0.968 bits per heavy atom. The number of hydrogen-bond acceptors (Lipinski definition) is 4. The van der Waals surface area contributed by atoms with Crippen molar-refractivity contribution < 1.29 is 4.42 Å². The van der Waals surface area contributed by atoms with Gasteiger partial charge in [-0.05, 0) is 64.7 Å². The maximum atomic E-state index is 5.94. The highest BCUT2D eigenvalue weighted by atomic mass is 16.3. The molecule has 0 spiro atoms. The van der Waals surface area contributed by atoms with E-state index in [1.54, 1.807) is 0 Å². The summed E-state index contributed by atoms with van der Waals surface area (Å²) in [7, 11) is 0. The molecule has 292 valence electrons. The highest BCUT2D eigenvalue weighted by molar-refractivity contribution is 6.12. The highest BCUT2D eigenvalue weighted by Gasteiger charge is 2.23. The van der Waals surface area contributed by atoms with Crippen molar-refractivity contribution in [3.05, 3.63) is 223 Å². The van der Waals surface area contributed by atoms with Crippen LogP contribution < -0.4 is 10.6 Å². The van der Waals surface area contributed by atoms with Crippen LogP contribution in [0.5, 0.6) is 0 Å². The van der Waals surface area contributed by atoms with Crippen LogP contribution in [0.4, 0.5) is 0 Å². The Morgan fingerprint density at radius 1 is 0.435 bits per heavy atom. The second-order valence-corrected chi connectivity index (χ2v) is 15.3. The van der Waals surface area contributed by atoms with Crippen molar-refractivity contribution in [2.45, 2.75) is 0 Å². The van der Waals surface area contributed by atoms with E-state index in [9.17, 15) is 0 Å².